The number of aryl methyl sites for hydroxylation is 1. The summed E-state index contributed by atoms with van der Waals surface area (Å²) in [6, 6.07) is 12.5. The van der Waals surface area contributed by atoms with Gasteiger partial charge >= 0.3 is 0 Å². The lowest BCUT2D eigenvalue weighted by Gasteiger charge is -2.07. The predicted octanol–water partition coefficient (Wildman–Crippen LogP) is 3.11. The van der Waals surface area contributed by atoms with E-state index in [2.05, 4.69) is 13.8 Å². The van der Waals surface area contributed by atoms with Crippen molar-refractivity contribution in [2.45, 2.75) is 26.7 Å². The highest BCUT2D eigenvalue weighted by Gasteiger charge is 2.03. The van der Waals surface area contributed by atoms with Crippen molar-refractivity contribution in [2.24, 2.45) is 0 Å². The molecule has 5 heteroatoms. The maximum Gasteiger partial charge on any atom is 0.150 e. The molecule has 0 aliphatic carbocycles. The van der Waals surface area contributed by atoms with Gasteiger partial charge in [-0.05, 0) is 30.0 Å². The second kappa shape index (κ2) is 12.9. The predicted molar refractivity (Wildman–Crippen MR) is 98.3 cm³/mol. The fraction of sp³-hybridized carbons (Fsp3) is 0.300. The van der Waals surface area contributed by atoms with Crippen LogP contribution in [0.25, 0.3) is 0 Å². The molecule has 136 valence electrons. The van der Waals surface area contributed by atoms with Crippen LogP contribution in [0.3, 0.4) is 0 Å². The molecule has 5 nitrogen and oxygen atoms in total. The molecule has 0 unspecified atom stereocenters. The molecule has 0 saturated carbocycles. The Bertz CT molecular complexity index is 621. The van der Waals surface area contributed by atoms with Gasteiger partial charge in [0.05, 0.1) is 13.2 Å². The van der Waals surface area contributed by atoms with Crippen LogP contribution in [-0.4, -0.2) is 41.1 Å². The monoisotopic (exact) mass is 346 g/mol. The van der Waals surface area contributed by atoms with E-state index in [1.54, 1.807) is 30.3 Å². The van der Waals surface area contributed by atoms with E-state index in [0.29, 0.717) is 35.4 Å². The van der Waals surface area contributed by atoms with E-state index in [9.17, 15) is 14.7 Å². The molecule has 3 N–H and O–H groups in total. The van der Waals surface area contributed by atoms with Crippen LogP contribution < -0.4 is 0 Å². The number of phenols is 1. The third-order valence-corrected chi connectivity index (χ3v) is 3.16. The summed E-state index contributed by atoms with van der Waals surface area (Å²) in [5.41, 5.74) is 3.01. The molecule has 0 aliphatic rings. The van der Waals surface area contributed by atoms with Gasteiger partial charge in [0.2, 0.25) is 0 Å². The van der Waals surface area contributed by atoms with E-state index in [4.69, 9.17) is 10.2 Å². The van der Waals surface area contributed by atoms with Gasteiger partial charge in [-0.1, -0.05) is 50.2 Å². The van der Waals surface area contributed by atoms with Crippen LogP contribution in [0, 0.1) is 6.92 Å². The van der Waals surface area contributed by atoms with Gasteiger partial charge in [-0.3, -0.25) is 9.59 Å². The van der Waals surface area contributed by atoms with E-state index in [0.717, 1.165) is 11.1 Å². The fourth-order valence-electron chi connectivity index (χ4n) is 1.87. The molecule has 0 spiro atoms. The summed E-state index contributed by atoms with van der Waals surface area (Å²) in [4.78, 5) is 20.5. The lowest BCUT2D eigenvalue weighted by Crippen LogP contribution is -1.87. The minimum Gasteiger partial charge on any atom is -0.508 e. The third-order valence-electron chi connectivity index (χ3n) is 3.16. The molecule has 0 heterocycles. The average Bonchev–Trinajstić information content (AvgIpc) is 2.62. The van der Waals surface area contributed by atoms with E-state index >= 15 is 0 Å². The smallest absolute Gasteiger partial charge is 0.150 e. The molecule has 0 radical (unpaired) electrons. The normalized spacial score (nSPS) is 9.36. The Morgan fingerprint density at radius 2 is 1.40 bits per heavy atom. The summed E-state index contributed by atoms with van der Waals surface area (Å²) in [6.07, 6.45) is 1.34. The second-order valence-corrected chi connectivity index (χ2v) is 5.53. The maximum atomic E-state index is 10.2. The van der Waals surface area contributed by atoms with Gasteiger partial charge < -0.3 is 15.3 Å². The van der Waals surface area contributed by atoms with Crippen LogP contribution in [-0.2, 0) is 0 Å². The number of carbonyl (C=O) groups excluding carboxylic acids is 2. The number of hydrogen-bond acceptors (Lipinski definition) is 5. The van der Waals surface area contributed by atoms with E-state index < -0.39 is 0 Å². The molecule has 0 bridgehead atoms. The molecule has 2 rings (SSSR count). The van der Waals surface area contributed by atoms with Crippen LogP contribution in [0.4, 0.5) is 0 Å². The summed E-state index contributed by atoms with van der Waals surface area (Å²) < 4.78 is 0. The summed E-state index contributed by atoms with van der Waals surface area (Å²) in [5.74, 6) is 0.815. The lowest BCUT2D eigenvalue weighted by atomic mass is 10.0. The van der Waals surface area contributed by atoms with Gasteiger partial charge in [0.25, 0.3) is 0 Å². The molecule has 0 atom stereocenters. The molecule has 0 amide bonds. The topological polar surface area (TPSA) is 94.8 Å². The van der Waals surface area contributed by atoms with Gasteiger partial charge in [-0.2, -0.15) is 0 Å². The first-order valence-electron chi connectivity index (χ1n) is 7.91. The number of aliphatic hydroxyl groups excluding tert-OH is 2. The van der Waals surface area contributed by atoms with Crippen molar-refractivity contribution >= 4 is 12.6 Å². The van der Waals surface area contributed by atoms with Crippen LogP contribution >= 0.6 is 0 Å². The van der Waals surface area contributed by atoms with E-state index in [1.165, 1.54) is 0 Å². The molecule has 0 saturated heterocycles. The Balaban J connectivity index is 0.000000383. The SMILES string of the molecule is Cc1ccc(C(C)C)c(O)c1.O=Cc1ccccc1C=O.OCCO. The molecular weight excluding hydrogens is 320 g/mol. The summed E-state index contributed by atoms with van der Waals surface area (Å²) in [6.45, 7) is 5.87. The Hall–Kier alpha value is -2.50. The second-order valence-electron chi connectivity index (χ2n) is 5.53. The summed E-state index contributed by atoms with van der Waals surface area (Å²) in [5, 5.41) is 24.7. The first-order chi connectivity index (χ1) is 11.9. The fourth-order valence-corrected chi connectivity index (χ4v) is 1.87. The van der Waals surface area contributed by atoms with Crippen molar-refractivity contribution < 1.29 is 24.9 Å². The van der Waals surface area contributed by atoms with Crippen LogP contribution in [0.2, 0.25) is 0 Å². The van der Waals surface area contributed by atoms with Crippen LogP contribution in [0.1, 0.15) is 51.6 Å². The Labute approximate surface area is 148 Å². The number of aliphatic hydroxyl groups is 2. The molecule has 0 aromatic heterocycles. The largest absolute Gasteiger partial charge is 0.508 e. The van der Waals surface area contributed by atoms with Crippen molar-refractivity contribution in [1.82, 2.24) is 0 Å². The zero-order chi connectivity index (χ0) is 19.2. The number of hydrogen-bond donors (Lipinski definition) is 3. The van der Waals surface area contributed by atoms with Crippen LogP contribution in [0.15, 0.2) is 42.5 Å². The highest BCUT2D eigenvalue weighted by Crippen LogP contribution is 2.25. The highest BCUT2D eigenvalue weighted by atomic mass is 16.3. The van der Waals surface area contributed by atoms with E-state index in [1.807, 2.05) is 19.1 Å². The minimum atomic E-state index is -0.125. The molecular formula is C20H26O5. The quantitative estimate of drug-likeness (QED) is 0.740. The highest BCUT2D eigenvalue weighted by molar-refractivity contribution is 5.89. The van der Waals surface area contributed by atoms with Crippen molar-refractivity contribution in [1.29, 1.82) is 0 Å². The number of phenolic OH excluding ortho intramolecular Hbond substituents is 1. The number of aromatic hydroxyl groups is 1. The lowest BCUT2D eigenvalue weighted by molar-refractivity contribution is 0.109. The average molecular weight is 346 g/mol. The van der Waals surface area contributed by atoms with Gasteiger partial charge in [0.15, 0.2) is 12.6 Å². The number of aldehydes is 2. The Kier molecular flexibility index (Phi) is 11.6. The van der Waals surface area contributed by atoms with Crippen molar-refractivity contribution in [2.75, 3.05) is 13.2 Å². The number of rotatable bonds is 4. The molecule has 0 aliphatic heterocycles. The Morgan fingerprint density at radius 1 is 0.920 bits per heavy atom. The van der Waals surface area contributed by atoms with Gasteiger partial charge in [0.1, 0.15) is 5.75 Å². The number of benzene rings is 2. The molecule has 25 heavy (non-hydrogen) atoms. The first-order valence-corrected chi connectivity index (χ1v) is 7.91. The van der Waals surface area contributed by atoms with Gasteiger partial charge in [-0.15, -0.1) is 0 Å². The molecule has 0 fully saturated rings. The zero-order valence-corrected chi connectivity index (χ0v) is 14.8. The number of carbonyl (C=O) groups is 2. The van der Waals surface area contributed by atoms with Gasteiger partial charge in [0, 0.05) is 11.1 Å². The minimum absolute atomic E-state index is 0.125. The van der Waals surface area contributed by atoms with Crippen molar-refractivity contribution in [3.05, 3.63) is 64.7 Å². The van der Waals surface area contributed by atoms with Gasteiger partial charge in [-0.25, -0.2) is 0 Å². The summed E-state index contributed by atoms with van der Waals surface area (Å²) >= 11 is 0. The maximum absolute atomic E-state index is 10.2. The zero-order valence-electron chi connectivity index (χ0n) is 14.8. The third kappa shape index (κ3) is 8.79. The molecule has 2 aromatic rings. The molecule has 2 aromatic carbocycles. The van der Waals surface area contributed by atoms with Crippen molar-refractivity contribution in [3.63, 3.8) is 0 Å². The standard InChI is InChI=1S/C10H14O.C8H6O2.C2H6O2/c1-7(2)9-5-4-8(3)6-10(9)11;9-5-7-3-1-2-4-8(7)6-10;3-1-2-4/h4-7,11H,1-3H3;1-6H;3-4H,1-2H2. The van der Waals surface area contributed by atoms with Crippen molar-refractivity contribution in [3.8, 4) is 5.75 Å². The van der Waals surface area contributed by atoms with Crippen LogP contribution in [0.5, 0.6) is 5.75 Å². The Morgan fingerprint density at radius 3 is 1.72 bits per heavy atom. The summed E-state index contributed by atoms with van der Waals surface area (Å²) in [7, 11) is 0. The van der Waals surface area contributed by atoms with E-state index in [-0.39, 0.29) is 13.2 Å². The first kappa shape index (κ1) is 22.5.